The lowest BCUT2D eigenvalue weighted by Crippen LogP contribution is -2.35. The van der Waals surface area contributed by atoms with Gasteiger partial charge in [0.1, 0.15) is 0 Å². The molecule has 0 amide bonds. The number of halogens is 2. The smallest absolute Gasteiger partial charge is 0.321 e. The summed E-state index contributed by atoms with van der Waals surface area (Å²) in [6.45, 7) is 6.77. The van der Waals surface area contributed by atoms with Gasteiger partial charge in [0.15, 0.2) is 11.6 Å². The second kappa shape index (κ2) is 6.13. The molecule has 6 heteroatoms. The number of rotatable bonds is 4. The van der Waals surface area contributed by atoms with Crippen LogP contribution in [0.5, 0.6) is 11.8 Å². The molecule has 2 rings (SSSR count). The fraction of sp³-hybridized carbons (Fsp3) is 0.333. The SMILES string of the molecule is CC(C)(C)NCc1cnc(Oc2cccc(F)c2F)nc1. The molecule has 0 spiro atoms. The predicted octanol–water partition coefficient (Wildman–Crippen LogP) is 3.44. The second-order valence-corrected chi connectivity index (χ2v) is 5.63. The molecule has 0 fully saturated rings. The maximum atomic E-state index is 13.5. The number of nitrogens with zero attached hydrogens (tertiary/aromatic N) is 2. The lowest BCUT2D eigenvalue weighted by atomic mass is 10.1. The van der Waals surface area contributed by atoms with E-state index in [-0.39, 0.29) is 17.3 Å². The van der Waals surface area contributed by atoms with E-state index in [1.54, 1.807) is 12.4 Å². The molecule has 0 saturated heterocycles. The van der Waals surface area contributed by atoms with Crippen LogP contribution >= 0.6 is 0 Å². The second-order valence-electron chi connectivity index (χ2n) is 5.63. The summed E-state index contributed by atoms with van der Waals surface area (Å²) in [5.41, 5.74) is 0.858. The molecule has 1 N–H and O–H groups in total. The Balaban J connectivity index is 2.04. The zero-order valence-corrected chi connectivity index (χ0v) is 12.2. The summed E-state index contributed by atoms with van der Waals surface area (Å²) in [5.74, 6) is -2.27. The van der Waals surface area contributed by atoms with Gasteiger partial charge in [0.05, 0.1) is 0 Å². The maximum Gasteiger partial charge on any atom is 0.321 e. The van der Waals surface area contributed by atoms with Crippen molar-refractivity contribution >= 4 is 0 Å². The zero-order valence-electron chi connectivity index (χ0n) is 12.2. The summed E-state index contributed by atoms with van der Waals surface area (Å²) < 4.78 is 31.6. The van der Waals surface area contributed by atoms with Crippen LogP contribution in [0.25, 0.3) is 0 Å². The molecule has 0 unspecified atom stereocenters. The lowest BCUT2D eigenvalue weighted by Gasteiger charge is -2.20. The number of ether oxygens (including phenoxy) is 1. The van der Waals surface area contributed by atoms with Crippen LogP contribution in [0.15, 0.2) is 30.6 Å². The summed E-state index contributed by atoms with van der Waals surface area (Å²) >= 11 is 0. The van der Waals surface area contributed by atoms with Crippen molar-refractivity contribution in [1.82, 2.24) is 15.3 Å². The predicted molar refractivity (Wildman–Crippen MR) is 75.1 cm³/mol. The third-order valence-electron chi connectivity index (χ3n) is 2.62. The molecule has 0 saturated carbocycles. The molecule has 1 heterocycles. The van der Waals surface area contributed by atoms with Gasteiger partial charge in [-0.3, -0.25) is 0 Å². The molecule has 21 heavy (non-hydrogen) atoms. The van der Waals surface area contributed by atoms with Gasteiger partial charge < -0.3 is 10.1 Å². The minimum Gasteiger partial charge on any atom is -0.421 e. The number of hydrogen-bond donors (Lipinski definition) is 1. The van der Waals surface area contributed by atoms with E-state index in [0.717, 1.165) is 11.6 Å². The summed E-state index contributed by atoms with van der Waals surface area (Å²) in [7, 11) is 0. The van der Waals surface area contributed by atoms with Gasteiger partial charge in [-0.2, -0.15) is 4.39 Å². The molecule has 1 aromatic heterocycles. The van der Waals surface area contributed by atoms with Crippen molar-refractivity contribution in [2.45, 2.75) is 32.9 Å². The topological polar surface area (TPSA) is 47.0 Å². The van der Waals surface area contributed by atoms with Crippen molar-refractivity contribution in [3.63, 3.8) is 0 Å². The molecule has 2 aromatic rings. The molecule has 0 aliphatic carbocycles. The highest BCUT2D eigenvalue weighted by Gasteiger charge is 2.12. The van der Waals surface area contributed by atoms with Gasteiger partial charge in [0, 0.05) is 30.0 Å². The average molecular weight is 293 g/mol. The molecule has 0 bridgehead atoms. The quantitative estimate of drug-likeness (QED) is 0.938. The van der Waals surface area contributed by atoms with E-state index < -0.39 is 11.6 Å². The lowest BCUT2D eigenvalue weighted by molar-refractivity contribution is 0.391. The fourth-order valence-corrected chi connectivity index (χ4v) is 1.52. The molecular formula is C15H17F2N3O. The molecule has 0 radical (unpaired) electrons. The third-order valence-corrected chi connectivity index (χ3v) is 2.62. The van der Waals surface area contributed by atoms with Crippen molar-refractivity contribution in [2.75, 3.05) is 0 Å². The van der Waals surface area contributed by atoms with Gasteiger partial charge >= 0.3 is 6.01 Å². The minimum absolute atomic E-state index is 0.0140. The van der Waals surface area contributed by atoms with Gasteiger partial charge in [0.25, 0.3) is 0 Å². The van der Waals surface area contributed by atoms with E-state index in [2.05, 4.69) is 36.1 Å². The number of aromatic nitrogens is 2. The summed E-state index contributed by atoms with van der Waals surface area (Å²) in [4.78, 5) is 7.97. The van der Waals surface area contributed by atoms with Crippen LogP contribution in [-0.2, 0) is 6.54 Å². The Bertz CT molecular complexity index is 609. The van der Waals surface area contributed by atoms with Crippen LogP contribution in [0.4, 0.5) is 8.78 Å². The molecule has 0 atom stereocenters. The molecular weight excluding hydrogens is 276 g/mol. The summed E-state index contributed by atoms with van der Waals surface area (Å²) in [6.07, 6.45) is 3.16. The number of hydrogen-bond acceptors (Lipinski definition) is 4. The van der Waals surface area contributed by atoms with Crippen LogP contribution in [0, 0.1) is 11.6 Å². The Morgan fingerprint density at radius 1 is 1.14 bits per heavy atom. The first kappa shape index (κ1) is 15.3. The van der Waals surface area contributed by atoms with Crippen LogP contribution in [-0.4, -0.2) is 15.5 Å². The Morgan fingerprint density at radius 2 is 1.81 bits per heavy atom. The largest absolute Gasteiger partial charge is 0.421 e. The standard InChI is InChI=1S/C15H17F2N3O/c1-15(2,3)20-9-10-7-18-14(19-8-10)21-12-6-4-5-11(16)13(12)17/h4-8,20H,9H2,1-3H3. The van der Waals surface area contributed by atoms with E-state index in [9.17, 15) is 8.78 Å². The Hall–Kier alpha value is -2.08. The van der Waals surface area contributed by atoms with Crippen molar-refractivity contribution in [1.29, 1.82) is 0 Å². The molecule has 0 aliphatic heterocycles. The molecule has 112 valence electrons. The number of benzene rings is 1. The van der Waals surface area contributed by atoms with E-state index in [0.29, 0.717) is 6.54 Å². The van der Waals surface area contributed by atoms with Gasteiger partial charge in [-0.1, -0.05) is 6.07 Å². The van der Waals surface area contributed by atoms with Gasteiger partial charge in [-0.15, -0.1) is 0 Å². The van der Waals surface area contributed by atoms with Crippen LogP contribution < -0.4 is 10.1 Å². The van der Waals surface area contributed by atoms with Crippen molar-refractivity contribution in [3.8, 4) is 11.8 Å². The Morgan fingerprint density at radius 3 is 2.43 bits per heavy atom. The van der Waals surface area contributed by atoms with Crippen molar-refractivity contribution in [2.24, 2.45) is 0 Å². The first-order chi connectivity index (χ1) is 9.85. The van der Waals surface area contributed by atoms with E-state index in [4.69, 9.17) is 4.74 Å². The Labute approximate surface area is 122 Å². The molecule has 1 aromatic carbocycles. The van der Waals surface area contributed by atoms with E-state index in [1.807, 2.05) is 0 Å². The molecule has 0 aliphatic rings. The normalized spacial score (nSPS) is 11.5. The first-order valence-electron chi connectivity index (χ1n) is 6.53. The van der Waals surface area contributed by atoms with Gasteiger partial charge in [0.2, 0.25) is 5.82 Å². The van der Waals surface area contributed by atoms with Crippen LogP contribution in [0.2, 0.25) is 0 Å². The average Bonchev–Trinajstić information content (AvgIpc) is 2.42. The third kappa shape index (κ3) is 4.46. The highest BCUT2D eigenvalue weighted by atomic mass is 19.2. The first-order valence-corrected chi connectivity index (χ1v) is 6.53. The molecule has 4 nitrogen and oxygen atoms in total. The fourth-order valence-electron chi connectivity index (χ4n) is 1.52. The summed E-state index contributed by atoms with van der Waals surface area (Å²) in [5, 5.41) is 3.29. The highest BCUT2D eigenvalue weighted by Crippen LogP contribution is 2.23. The van der Waals surface area contributed by atoms with Crippen LogP contribution in [0.3, 0.4) is 0 Å². The van der Waals surface area contributed by atoms with E-state index >= 15 is 0 Å². The van der Waals surface area contributed by atoms with Crippen LogP contribution in [0.1, 0.15) is 26.3 Å². The minimum atomic E-state index is -1.06. The van der Waals surface area contributed by atoms with Gasteiger partial charge in [-0.25, -0.2) is 14.4 Å². The van der Waals surface area contributed by atoms with Crippen molar-refractivity contribution in [3.05, 3.63) is 47.8 Å². The van der Waals surface area contributed by atoms with E-state index in [1.165, 1.54) is 12.1 Å². The summed E-state index contributed by atoms with van der Waals surface area (Å²) in [6, 6.07) is 3.66. The Kier molecular flexibility index (Phi) is 4.47. The maximum absolute atomic E-state index is 13.5. The highest BCUT2D eigenvalue weighted by molar-refractivity contribution is 5.27. The monoisotopic (exact) mass is 293 g/mol. The number of nitrogens with one attached hydrogen (secondary N) is 1. The van der Waals surface area contributed by atoms with Gasteiger partial charge in [-0.05, 0) is 32.9 Å². The van der Waals surface area contributed by atoms with Crippen molar-refractivity contribution < 1.29 is 13.5 Å². The zero-order chi connectivity index (χ0) is 15.5.